The normalized spacial score (nSPS) is 10.0. The number of nitrogen functional groups attached to an aromatic ring is 1. The molecule has 0 unspecified atom stereocenters. The fraction of sp³-hybridized carbons (Fsp3) is 0.188. The van der Waals surface area contributed by atoms with Gasteiger partial charge in [0.25, 0.3) is 5.91 Å². The molecule has 3 N–H and O–H groups in total. The Balaban J connectivity index is 2.20. The van der Waals surface area contributed by atoms with Crippen LogP contribution in [0.4, 0.5) is 11.4 Å². The average Bonchev–Trinajstić information content (AvgIpc) is 2.50. The second kappa shape index (κ2) is 6.65. The monoisotopic (exact) mass is 286 g/mol. The molecule has 5 heteroatoms. The second-order valence-electron chi connectivity index (χ2n) is 4.37. The largest absolute Gasteiger partial charge is 0.497 e. The molecule has 2 aromatic rings. The predicted octanol–water partition coefficient (Wildman–Crippen LogP) is 2.93. The lowest BCUT2D eigenvalue weighted by Gasteiger charge is -2.11. The number of nitrogens with one attached hydrogen (secondary N) is 1. The summed E-state index contributed by atoms with van der Waals surface area (Å²) >= 11 is 0. The van der Waals surface area contributed by atoms with Gasteiger partial charge in [-0.05, 0) is 49.4 Å². The van der Waals surface area contributed by atoms with Crippen molar-refractivity contribution in [3.8, 4) is 11.5 Å². The first-order valence-corrected chi connectivity index (χ1v) is 6.61. The number of amides is 1. The van der Waals surface area contributed by atoms with Crippen LogP contribution in [-0.2, 0) is 0 Å². The number of benzene rings is 2. The van der Waals surface area contributed by atoms with Gasteiger partial charge < -0.3 is 20.5 Å². The summed E-state index contributed by atoms with van der Waals surface area (Å²) in [5.41, 5.74) is 7.33. The van der Waals surface area contributed by atoms with Gasteiger partial charge in [0.2, 0.25) is 0 Å². The molecule has 21 heavy (non-hydrogen) atoms. The van der Waals surface area contributed by atoms with E-state index in [1.807, 2.05) is 6.92 Å². The molecule has 2 aromatic carbocycles. The zero-order valence-corrected chi connectivity index (χ0v) is 12.1. The van der Waals surface area contributed by atoms with Crippen LogP contribution < -0.4 is 20.5 Å². The highest BCUT2D eigenvalue weighted by atomic mass is 16.5. The minimum absolute atomic E-state index is 0.268. The van der Waals surface area contributed by atoms with Gasteiger partial charge in [-0.1, -0.05) is 0 Å². The maximum Gasteiger partial charge on any atom is 0.259 e. The standard InChI is InChI=1S/C16H18N2O3/c1-3-21-15-9-4-11(17)10-14(15)16(19)18-12-5-7-13(20-2)8-6-12/h4-10H,3,17H2,1-2H3,(H,18,19). The lowest BCUT2D eigenvalue weighted by atomic mass is 10.1. The van der Waals surface area contributed by atoms with Gasteiger partial charge >= 0.3 is 0 Å². The van der Waals surface area contributed by atoms with Gasteiger partial charge in [0.1, 0.15) is 11.5 Å². The quantitative estimate of drug-likeness (QED) is 0.829. The van der Waals surface area contributed by atoms with Gasteiger partial charge in [-0.25, -0.2) is 0 Å². The first-order valence-electron chi connectivity index (χ1n) is 6.61. The highest BCUT2D eigenvalue weighted by molar-refractivity contribution is 6.06. The van der Waals surface area contributed by atoms with Crippen molar-refractivity contribution >= 4 is 17.3 Å². The molecule has 0 radical (unpaired) electrons. The minimum Gasteiger partial charge on any atom is -0.497 e. The number of hydrogen-bond acceptors (Lipinski definition) is 4. The SMILES string of the molecule is CCOc1ccc(N)cc1C(=O)Nc1ccc(OC)cc1. The number of ether oxygens (including phenoxy) is 2. The van der Waals surface area contributed by atoms with Crippen LogP contribution >= 0.6 is 0 Å². The van der Waals surface area contributed by atoms with Gasteiger partial charge in [0.15, 0.2) is 0 Å². The number of anilines is 2. The van der Waals surface area contributed by atoms with Gasteiger partial charge in [0, 0.05) is 11.4 Å². The Morgan fingerprint density at radius 2 is 1.90 bits per heavy atom. The molecule has 0 aliphatic carbocycles. The molecule has 0 heterocycles. The molecule has 0 aliphatic heterocycles. The molecule has 0 bridgehead atoms. The Hall–Kier alpha value is -2.69. The van der Waals surface area contributed by atoms with E-state index in [1.54, 1.807) is 49.6 Å². The van der Waals surface area contributed by atoms with Crippen LogP contribution in [0, 0.1) is 0 Å². The van der Waals surface area contributed by atoms with Crippen LogP contribution in [0.1, 0.15) is 17.3 Å². The van der Waals surface area contributed by atoms with E-state index in [2.05, 4.69) is 5.32 Å². The maximum atomic E-state index is 12.3. The van der Waals surface area contributed by atoms with Crippen molar-refractivity contribution in [2.75, 3.05) is 24.8 Å². The zero-order chi connectivity index (χ0) is 15.2. The van der Waals surface area contributed by atoms with E-state index >= 15 is 0 Å². The van der Waals surface area contributed by atoms with Crippen LogP contribution in [0.2, 0.25) is 0 Å². The summed E-state index contributed by atoms with van der Waals surface area (Å²) in [6.07, 6.45) is 0. The van der Waals surface area contributed by atoms with E-state index in [4.69, 9.17) is 15.2 Å². The van der Waals surface area contributed by atoms with Crippen molar-refractivity contribution in [2.45, 2.75) is 6.92 Å². The van der Waals surface area contributed by atoms with Gasteiger partial charge in [0.05, 0.1) is 19.3 Å². The fourth-order valence-corrected chi connectivity index (χ4v) is 1.88. The van der Waals surface area contributed by atoms with Crippen LogP contribution in [0.5, 0.6) is 11.5 Å². The molecule has 110 valence electrons. The molecule has 0 spiro atoms. The summed E-state index contributed by atoms with van der Waals surface area (Å²) in [6.45, 7) is 2.34. The second-order valence-corrected chi connectivity index (χ2v) is 4.37. The number of hydrogen-bond donors (Lipinski definition) is 2. The zero-order valence-electron chi connectivity index (χ0n) is 12.1. The number of carbonyl (C=O) groups is 1. The molecular weight excluding hydrogens is 268 g/mol. The first-order chi connectivity index (χ1) is 10.1. The van der Waals surface area contributed by atoms with E-state index in [0.717, 1.165) is 5.75 Å². The molecule has 0 fully saturated rings. The Kier molecular flexibility index (Phi) is 4.66. The summed E-state index contributed by atoms with van der Waals surface area (Å²) in [5.74, 6) is 0.973. The highest BCUT2D eigenvalue weighted by Gasteiger charge is 2.13. The lowest BCUT2D eigenvalue weighted by Crippen LogP contribution is -2.14. The third-order valence-electron chi connectivity index (χ3n) is 2.90. The molecule has 0 saturated carbocycles. The van der Waals surface area contributed by atoms with Crippen LogP contribution in [0.3, 0.4) is 0 Å². The van der Waals surface area contributed by atoms with E-state index in [9.17, 15) is 4.79 Å². The molecule has 2 rings (SSSR count). The molecule has 0 saturated heterocycles. The van der Waals surface area contributed by atoms with E-state index in [-0.39, 0.29) is 5.91 Å². The molecular formula is C16H18N2O3. The Bertz CT molecular complexity index is 624. The average molecular weight is 286 g/mol. The summed E-state index contributed by atoms with van der Waals surface area (Å²) in [4.78, 5) is 12.3. The van der Waals surface area contributed by atoms with Crippen LogP contribution in [-0.4, -0.2) is 19.6 Å². The van der Waals surface area contributed by atoms with Gasteiger partial charge in [-0.2, -0.15) is 0 Å². The molecule has 0 atom stereocenters. The fourth-order valence-electron chi connectivity index (χ4n) is 1.88. The van der Waals surface area contributed by atoms with E-state index in [0.29, 0.717) is 29.3 Å². The number of carbonyl (C=O) groups excluding carboxylic acids is 1. The van der Waals surface area contributed by atoms with Crippen LogP contribution in [0.25, 0.3) is 0 Å². The summed E-state index contributed by atoms with van der Waals surface area (Å²) in [7, 11) is 1.59. The molecule has 0 aliphatic rings. The van der Waals surface area contributed by atoms with Crippen molar-refractivity contribution in [1.29, 1.82) is 0 Å². The summed E-state index contributed by atoms with van der Waals surface area (Å²) in [6, 6.07) is 12.1. The summed E-state index contributed by atoms with van der Waals surface area (Å²) in [5, 5.41) is 2.81. The van der Waals surface area contributed by atoms with Gasteiger partial charge in [-0.3, -0.25) is 4.79 Å². The number of methoxy groups -OCH3 is 1. The van der Waals surface area contributed by atoms with Crippen molar-refractivity contribution < 1.29 is 14.3 Å². The number of nitrogens with two attached hydrogens (primary N) is 1. The summed E-state index contributed by atoms with van der Waals surface area (Å²) < 4.78 is 10.5. The Morgan fingerprint density at radius 3 is 2.52 bits per heavy atom. The Labute approximate surface area is 123 Å². The highest BCUT2D eigenvalue weighted by Crippen LogP contribution is 2.23. The number of rotatable bonds is 5. The minimum atomic E-state index is -0.268. The van der Waals surface area contributed by atoms with Crippen LogP contribution in [0.15, 0.2) is 42.5 Å². The van der Waals surface area contributed by atoms with Crippen molar-refractivity contribution in [3.63, 3.8) is 0 Å². The van der Waals surface area contributed by atoms with E-state index < -0.39 is 0 Å². The predicted molar refractivity (Wildman–Crippen MR) is 83.0 cm³/mol. The lowest BCUT2D eigenvalue weighted by molar-refractivity contribution is 0.102. The van der Waals surface area contributed by atoms with Crippen molar-refractivity contribution in [2.24, 2.45) is 0 Å². The molecule has 0 aromatic heterocycles. The maximum absolute atomic E-state index is 12.3. The topological polar surface area (TPSA) is 73.6 Å². The van der Waals surface area contributed by atoms with Crippen molar-refractivity contribution in [3.05, 3.63) is 48.0 Å². The molecule has 5 nitrogen and oxygen atoms in total. The smallest absolute Gasteiger partial charge is 0.259 e. The van der Waals surface area contributed by atoms with E-state index in [1.165, 1.54) is 0 Å². The third kappa shape index (κ3) is 3.66. The third-order valence-corrected chi connectivity index (χ3v) is 2.90. The van der Waals surface area contributed by atoms with Gasteiger partial charge in [-0.15, -0.1) is 0 Å². The first kappa shape index (κ1) is 14.7. The Morgan fingerprint density at radius 1 is 1.19 bits per heavy atom. The molecule has 1 amide bonds. The van der Waals surface area contributed by atoms with Crippen molar-refractivity contribution in [1.82, 2.24) is 0 Å².